The third kappa shape index (κ3) is 5.28. The third-order valence-corrected chi connectivity index (χ3v) is 2.57. The van der Waals surface area contributed by atoms with E-state index in [-0.39, 0.29) is 37.3 Å². The second-order valence-corrected chi connectivity index (χ2v) is 4.30. The van der Waals surface area contributed by atoms with Crippen LogP contribution in [-0.2, 0) is 9.59 Å². The van der Waals surface area contributed by atoms with E-state index >= 15 is 0 Å². The Morgan fingerprint density at radius 3 is 2.11 bits per heavy atom. The number of nitrogens with two attached hydrogens (primary N) is 1. The molecule has 2 amide bonds. The van der Waals surface area contributed by atoms with Crippen molar-refractivity contribution >= 4 is 29.9 Å². The fraction of sp³-hybridized carbons (Fsp3) is 0.385. The fourth-order valence-electron chi connectivity index (χ4n) is 1.81. The van der Waals surface area contributed by atoms with E-state index < -0.39 is 0 Å². The van der Waals surface area contributed by atoms with Gasteiger partial charge in [0.25, 0.3) is 0 Å². The Balaban J connectivity index is 0.00000324. The molecule has 0 saturated heterocycles. The lowest BCUT2D eigenvalue weighted by Gasteiger charge is -2.13. The fourth-order valence-corrected chi connectivity index (χ4v) is 1.81. The van der Waals surface area contributed by atoms with Crippen LogP contribution < -0.4 is 16.4 Å². The molecule has 1 aromatic rings. The predicted octanol–water partition coefficient (Wildman–Crippen LogP) is 1.05. The van der Waals surface area contributed by atoms with Gasteiger partial charge in [0.05, 0.1) is 13.1 Å². The number of amides is 2. The lowest BCUT2D eigenvalue weighted by molar-refractivity contribution is -0.123. The maximum absolute atomic E-state index is 11.7. The molecule has 0 heterocycles. The molecule has 1 rings (SSSR count). The average Bonchev–Trinajstić information content (AvgIpc) is 2.30. The number of carbonyl (C=O) groups excluding carboxylic acids is 2. The first-order valence-corrected chi connectivity index (χ1v) is 5.78. The van der Waals surface area contributed by atoms with Crippen molar-refractivity contribution < 1.29 is 9.59 Å². The molecular formula is C13H20ClN3O2. The largest absolute Gasteiger partial charge is 0.346 e. The summed E-state index contributed by atoms with van der Waals surface area (Å²) in [5.74, 6) is -0.602. The molecule has 5 nitrogen and oxygen atoms in total. The van der Waals surface area contributed by atoms with Gasteiger partial charge in [0, 0.05) is 5.69 Å². The van der Waals surface area contributed by atoms with E-state index in [1.807, 2.05) is 32.9 Å². The summed E-state index contributed by atoms with van der Waals surface area (Å²) in [5, 5.41) is 5.22. The van der Waals surface area contributed by atoms with E-state index in [1.165, 1.54) is 0 Å². The molecule has 6 heteroatoms. The van der Waals surface area contributed by atoms with Gasteiger partial charge in [-0.3, -0.25) is 9.59 Å². The second-order valence-electron chi connectivity index (χ2n) is 4.30. The molecule has 0 radical (unpaired) electrons. The van der Waals surface area contributed by atoms with Gasteiger partial charge in [-0.15, -0.1) is 12.4 Å². The number of nitrogens with one attached hydrogen (secondary N) is 2. The molecule has 0 fully saturated rings. The standard InChI is InChI=1S/C13H19N3O2.ClH/c1-8-4-9(2)13(10(3)5-8)16-12(18)7-15-11(17)6-14;/h4-5H,6-7,14H2,1-3H3,(H,15,17)(H,16,18);1H. The number of benzene rings is 1. The molecule has 19 heavy (non-hydrogen) atoms. The first kappa shape index (κ1) is 17.4. The highest BCUT2D eigenvalue weighted by atomic mass is 35.5. The molecule has 106 valence electrons. The molecule has 0 bridgehead atoms. The smallest absolute Gasteiger partial charge is 0.243 e. The number of aryl methyl sites for hydroxylation is 3. The summed E-state index contributed by atoms with van der Waals surface area (Å²) in [4.78, 5) is 22.6. The van der Waals surface area contributed by atoms with Gasteiger partial charge in [-0.25, -0.2) is 0 Å². The molecule has 0 spiro atoms. The molecule has 0 aliphatic heterocycles. The molecule has 0 aliphatic rings. The molecule has 4 N–H and O–H groups in total. The zero-order valence-electron chi connectivity index (χ0n) is 11.4. The van der Waals surface area contributed by atoms with E-state index in [1.54, 1.807) is 0 Å². The van der Waals surface area contributed by atoms with Crippen LogP contribution in [0.2, 0.25) is 0 Å². The highest BCUT2D eigenvalue weighted by molar-refractivity contribution is 5.95. The van der Waals surface area contributed by atoms with Crippen molar-refractivity contribution in [2.24, 2.45) is 5.73 Å². The van der Waals surface area contributed by atoms with E-state index in [2.05, 4.69) is 10.6 Å². The summed E-state index contributed by atoms with van der Waals surface area (Å²) in [6.07, 6.45) is 0. The summed E-state index contributed by atoms with van der Waals surface area (Å²) in [6.45, 7) is 5.70. The van der Waals surface area contributed by atoms with E-state index in [0.717, 1.165) is 22.4 Å². The van der Waals surface area contributed by atoms with Gasteiger partial charge < -0.3 is 16.4 Å². The van der Waals surface area contributed by atoms with Crippen LogP contribution in [-0.4, -0.2) is 24.9 Å². The van der Waals surface area contributed by atoms with Crippen LogP contribution >= 0.6 is 12.4 Å². The van der Waals surface area contributed by atoms with Crippen LogP contribution in [0, 0.1) is 20.8 Å². The molecule has 0 saturated carbocycles. The summed E-state index contributed by atoms with van der Waals surface area (Å²) in [6, 6.07) is 4.00. The summed E-state index contributed by atoms with van der Waals surface area (Å²) >= 11 is 0. The third-order valence-electron chi connectivity index (χ3n) is 2.57. The summed E-state index contributed by atoms with van der Waals surface area (Å²) in [7, 11) is 0. The maximum Gasteiger partial charge on any atom is 0.243 e. The van der Waals surface area contributed by atoms with Gasteiger partial charge in [0.15, 0.2) is 0 Å². The van der Waals surface area contributed by atoms with Crippen LogP contribution in [0.5, 0.6) is 0 Å². The van der Waals surface area contributed by atoms with Crippen molar-refractivity contribution in [3.8, 4) is 0 Å². The van der Waals surface area contributed by atoms with Crippen molar-refractivity contribution in [1.82, 2.24) is 5.32 Å². The van der Waals surface area contributed by atoms with E-state index in [9.17, 15) is 9.59 Å². The van der Waals surface area contributed by atoms with Gasteiger partial charge in [-0.1, -0.05) is 17.7 Å². The zero-order valence-corrected chi connectivity index (χ0v) is 12.2. The Morgan fingerprint density at radius 2 is 1.63 bits per heavy atom. The monoisotopic (exact) mass is 285 g/mol. The van der Waals surface area contributed by atoms with Crippen LogP contribution in [0.4, 0.5) is 5.69 Å². The number of halogens is 1. The number of hydrogen-bond donors (Lipinski definition) is 3. The summed E-state index contributed by atoms with van der Waals surface area (Å²) < 4.78 is 0. The van der Waals surface area contributed by atoms with Crippen LogP contribution in [0.3, 0.4) is 0 Å². The molecule has 0 aliphatic carbocycles. The Hall–Kier alpha value is -1.59. The zero-order chi connectivity index (χ0) is 13.7. The van der Waals surface area contributed by atoms with Crippen LogP contribution in [0.25, 0.3) is 0 Å². The normalized spacial score (nSPS) is 9.47. The van der Waals surface area contributed by atoms with E-state index in [0.29, 0.717) is 0 Å². The van der Waals surface area contributed by atoms with Crippen molar-refractivity contribution in [2.45, 2.75) is 20.8 Å². The lowest BCUT2D eigenvalue weighted by Crippen LogP contribution is -2.36. The van der Waals surface area contributed by atoms with Gasteiger partial charge in [0.2, 0.25) is 11.8 Å². The van der Waals surface area contributed by atoms with Gasteiger partial charge in [-0.05, 0) is 31.9 Å². The topological polar surface area (TPSA) is 84.2 Å². The predicted molar refractivity (Wildman–Crippen MR) is 78.6 cm³/mol. The minimum absolute atomic E-state index is 0. The van der Waals surface area contributed by atoms with Crippen molar-refractivity contribution in [1.29, 1.82) is 0 Å². The Labute approximate surface area is 119 Å². The number of rotatable bonds is 4. The van der Waals surface area contributed by atoms with Crippen molar-refractivity contribution in [3.05, 3.63) is 28.8 Å². The quantitative estimate of drug-likeness (QED) is 0.773. The Kier molecular flexibility index (Phi) is 7.11. The molecule has 0 aromatic heterocycles. The maximum atomic E-state index is 11.7. The van der Waals surface area contributed by atoms with Crippen molar-refractivity contribution in [3.63, 3.8) is 0 Å². The minimum Gasteiger partial charge on any atom is -0.346 e. The Morgan fingerprint density at radius 1 is 1.11 bits per heavy atom. The summed E-state index contributed by atoms with van der Waals surface area (Å²) in [5.41, 5.74) is 9.09. The van der Waals surface area contributed by atoms with Gasteiger partial charge in [0.1, 0.15) is 0 Å². The Bertz CT molecular complexity index is 452. The first-order valence-electron chi connectivity index (χ1n) is 5.78. The van der Waals surface area contributed by atoms with Crippen molar-refractivity contribution in [2.75, 3.05) is 18.4 Å². The van der Waals surface area contributed by atoms with Gasteiger partial charge >= 0.3 is 0 Å². The highest BCUT2D eigenvalue weighted by Crippen LogP contribution is 2.21. The number of hydrogen-bond acceptors (Lipinski definition) is 3. The molecule has 0 unspecified atom stereocenters. The molecular weight excluding hydrogens is 266 g/mol. The average molecular weight is 286 g/mol. The highest BCUT2D eigenvalue weighted by Gasteiger charge is 2.08. The molecule has 1 aromatic carbocycles. The number of carbonyl (C=O) groups is 2. The SMILES string of the molecule is Cc1cc(C)c(NC(=O)CNC(=O)CN)c(C)c1.Cl. The minimum atomic E-state index is -0.345. The first-order chi connectivity index (χ1) is 8.43. The van der Waals surface area contributed by atoms with Gasteiger partial charge in [-0.2, -0.15) is 0 Å². The van der Waals surface area contributed by atoms with E-state index in [4.69, 9.17) is 5.73 Å². The van der Waals surface area contributed by atoms with Crippen LogP contribution in [0.1, 0.15) is 16.7 Å². The number of anilines is 1. The second kappa shape index (κ2) is 7.76. The lowest BCUT2D eigenvalue weighted by atomic mass is 10.1. The molecule has 0 atom stereocenters. The van der Waals surface area contributed by atoms with Crippen LogP contribution in [0.15, 0.2) is 12.1 Å².